The largest absolute Gasteiger partial charge is 0.394 e. The van der Waals surface area contributed by atoms with Gasteiger partial charge in [-0.25, -0.2) is 0 Å². The van der Waals surface area contributed by atoms with Crippen LogP contribution < -0.4 is 0 Å². The van der Waals surface area contributed by atoms with E-state index in [1.54, 1.807) is 0 Å². The summed E-state index contributed by atoms with van der Waals surface area (Å²) in [6.07, 6.45) is -3.76. The molecule has 0 amide bonds. The maximum absolute atomic E-state index is 9.88. The Balaban J connectivity index is 1.85. The molecule has 1 fully saturated rings. The minimum atomic E-state index is -1.30. The van der Waals surface area contributed by atoms with Crippen molar-refractivity contribution in [3.8, 4) is 0 Å². The highest BCUT2D eigenvalue weighted by Crippen LogP contribution is 2.28. The summed E-state index contributed by atoms with van der Waals surface area (Å²) in [4.78, 5) is 0. The van der Waals surface area contributed by atoms with Gasteiger partial charge < -0.3 is 25.2 Å². The van der Waals surface area contributed by atoms with Crippen molar-refractivity contribution in [2.45, 2.75) is 36.3 Å². The van der Waals surface area contributed by atoms with E-state index in [1.807, 2.05) is 30.3 Å². The summed E-state index contributed by atoms with van der Waals surface area (Å²) < 4.78 is 5.42. The third kappa shape index (κ3) is 3.72. The molecule has 1 aromatic carbocycles. The molecule has 1 unspecified atom stereocenters. The van der Waals surface area contributed by atoms with E-state index in [9.17, 15) is 15.3 Å². The van der Waals surface area contributed by atoms with E-state index in [1.165, 1.54) is 17.3 Å². The lowest BCUT2D eigenvalue weighted by Gasteiger charge is -2.39. The molecule has 0 saturated carbocycles. The number of aliphatic hydroxyl groups is 4. The fourth-order valence-electron chi connectivity index (χ4n) is 2.14. The molecule has 4 N–H and O–H groups in total. The minimum absolute atomic E-state index is 0.388. The van der Waals surface area contributed by atoms with Gasteiger partial charge >= 0.3 is 0 Å². The van der Waals surface area contributed by atoms with Gasteiger partial charge in [-0.3, -0.25) is 0 Å². The normalized spacial score (nSPS) is 34.1. The SMILES string of the molecule is OC[C@H]1OC(SCCc2ccccc2)[C@H](O)[C@@H](O)[C@@H]1O. The molecule has 1 saturated heterocycles. The highest BCUT2D eigenvalue weighted by Gasteiger charge is 2.43. The summed E-state index contributed by atoms with van der Waals surface area (Å²) in [6.45, 7) is -0.388. The Morgan fingerprint density at radius 1 is 1.00 bits per heavy atom. The van der Waals surface area contributed by atoms with Crippen molar-refractivity contribution in [3.05, 3.63) is 35.9 Å². The molecule has 0 bridgehead atoms. The average Bonchev–Trinajstić information content (AvgIpc) is 2.48. The quantitative estimate of drug-likeness (QED) is 0.600. The molecule has 2 rings (SSSR count). The monoisotopic (exact) mass is 300 g/mol. The molecule has 5 atom stereocenters. The van der Waals surface area contributed by atoms with Crippen molar-refractivity contribution in [1.29, 1.82) is 0 Å². The molecule has 0 aliphatic carbocycles. The minimum Gasteiger partial charge on any atom is -0.394 e. The molecule has 1 heterocycles. The Kier molecular flexibility index (Phi) is 5.83. The van der Waals surface area contributed by atoms with Crippen LogP contribution in [-0.2, 0) is 11.2 Å². The van der Waals surface area contributed by atoms with Gasteiger partial charge in [-0.05, 0) is 17.7 Å². The number of ether oxygens (including phenoxy) is 1. The van der Waals surface area contributed by atoms with Crippen LogP contribution in [-0.4, -0.2) is 62.6 Å². The number of aryl methyl sites for hydroxylation is 1. The van der Waals surface area contributed by atoms with Crippen LogP contribution in [0.15, 0.2) is 30.3 Å². The number of aliphatic hydroxyl groups excluding tert-OH is 4. The van der Waals surface area contributed by atoms with Crippen LogP contribution in [0.3, 0.4) is 0 Å². The van der Waals surface area contributed by atoms with Crippen molar-refractivity contribution in [2.24, 2.45) is 0 Å². The maximum atomic E-state index is 9.88. The van der Waals surface area contributed by atoms with E-state index < -0.39 is 29.9 Å². The van der Waals surface area contributed by atoms with Gasteiger partial charge in [-0.1, -0.05) is 30.3 Å². The van der Waals surface area contributed by atoms with Gasteiger partial charge in [0.05, 0.1) is 6.61 Å². The van der Waals surface area contributed by atoms with E-state index in [2.05, 4.69) is 0 Å². The molecular weight excluding hydrogens is 280 g/mol. The second kappa shape index (κ2) is 7.40. The van der Waals surface area contributed by atoms with E-state index in [0.29, 0.717) is 5.75 Å². The fourth-order valence-corrected chi connectivity index (χ4v) is 3.31. The summed E-state index contributed by atoms with van der Waals surface area (Å²) in [5, 5.41) is 38.3. The first-order chi connectivity index (χ1) is 9.63. The van der Waals surface area contributed by atoms with Crippen LogP contribution in [0.2, 0.25) is 0 Å². The predicted molar refractivity (Wildman–Crippen MR) is 76.4 cm³/mol. The van der Waals surface area contributed by atoms with Crippen molar-refractivity contribution < 1.29 is 25.2 Å². The average molecular weight is 300 g/mol. The number of thioether (sulfide) groups is 1. The summed E-state index contributed by atoms with van der Waals surface area (Å²) in [6, 6.07) is 9.93. The smallest absolute Gasteiger partial charge is 0.132 e. The second-order valence-corrected chi connectivity index (χ2v) is 6.01. The van der Waals surface area contributed by atoms with Gasteiger partial charge in [0.25, 0.3) is 0 Å². The van der Waals surface area contributed by atoms with Crippen molar-refractivity contribution in [2.75, 3.05) is 12.4 Å². The Morgan fingerprint density at radius 3 is 2.35 bits per heavy atom. The van der Waals surface area contributed by atoms with E-state index >= 15 is 0 Å². The zero-order valence-corrected chi connectivity index (χ0v) is 11.8. The summed E-state index contributed by atoms with van der Waals surface area (Å²) >= 11 is 1.37. The van der Waals surface area contributed by atoms with E-state index in [0.717, 1.165) is 6.42 Å². The predicted octanol–water partition coefficient (Wildman–Crippen LogP) is -0.238. The number of hydrogen-bond donors (Lipinski definition) is 4. The van der Waals surface area contributed by atoms with Crippen LogP contribution in [0, 0.1) is 0 Å². The zero-order chi connectivity index (χ0) is 14.5. The van der Waals surface area contributed by atoms with Crippen LogP contribution in [0.1, 0.15) is 5.56 Å². The van der Waals surface area contributed by atoms with Gasteiger partial charge in [0.15, 0.2) is 0 Å². The molecule has 112 valence electrons. The molecule has 20 heavy (non-hydrogen) atoms. The molecule has 6 heteroatoms. The molecule has 1 aliphatic rings. The first-order valence-electron chi connectivity index (χ1n) is 6.59. The Hall–Kier alpha value is -0.630. The fraction of sp³-hybridized carbons (Fsp3) is 0.571. The summed E-state index contributed by atoms with van der Waals surface area (Å²) in [5.74, 6) is 0.715. The van der Waals surface area contributed by atoms with E-state index in [4.69, 9.17) is 9.84 Å². The highest BCUT2D eigenvalue weighted by molar-refractivity contribution is 7.99. The first-order valence-corrected chi connectivity index (χ1v) is 7.64. The molecule has 0 aromatic heterocycles. The van der Waals surface area contributed by atoms with Gasteiger partial charge in [-0.2, -0.15) is 0 Å². The Labute approximate surface area is 122 Å². The molecule has 1 aromatic rings. The van der Waals surface area contributed by atoms with Crippen molar-refractivity contribution >= 4 is 11.8 Å². The van der Waals surface area contributed by atoms with E-state index in [-0.39, 0.29) is 6.61 Å². The lowest BCUT2D eigenvalue weighted by atomic mass is 10.0. The topological polar surface area (TPSA) is 90.2 Å². The Morgan fingerprint density at radius 2 is 1.70 bits per heavy atom. The van der Waals surface area contributed by atoms with Crippen LogP contribution in [0.25, 0.3) is 0 Å². The number of benzene rings is 1. The van der Waals surface area contributed by atoms with Gasteiger partial charge in [0.1, 0.15) is 29.9 Å². The van der Waals surface area contributed by atoms with Gasteiger partial charge in [-0.15, -0.1) is 11.8 Å². The zero-order valence-electron chi connectivity index (χ0n) is 11.0. The maximum Gasteiger partial charge on any atom is 0.132 e. The van der Waals surface area contributed by atoms with Gasteiger partial charge in [0.2, 0.25) is 0 Å². The lowest BCUT2D eigenvalue weighted by molar-refractivity contribution is -0.205. The number of rotatable bonds is 5. The van der Waals surface area contributed by atoms with Gasteiger partial charge in [0, 0.05) is 0 Å². The van der Waals surface area contributed by atoms with Crippen LogP contribution in [0.4, 0.5) is 0 Å². The summed E-state index contributed by atoms with van der Waals surface area (Å²) in [7, 11) is 0. The number of hydrogen-bond acceptors (Lipinski definition) is 6. The standard InChI is InChI=1S/C14H20O5S/c15-8-10-11(16)12(17)13(18)14(19-10)20-7-6-9-4-2-1-3-5-9/h1-5,10-18H,6-8H2/t10-,11-,12+,13-,14?/m1/s1. The molecule has 0 radical (unpaired) electrons. The third-order valence-corrected chi connectivity index (χ3v) is 4.52. The first kappa shape index (κ1) is 15.8. The second-order valence-electron chi connectivity index (χ2n) is 4.80. The van der Waals surface area contributed by atoms with Crippen molar-refractivity contribution in [3.63, 3.8) is 0 Å². The van der Waals surface area contributed by atoms with Crippen LogP contribution >= 0.6 is 11.8 Å². The highest BCUT2D eigenvalue weighted by atomic mass is 32.2. The lowest BCUT2D eigenvalue weighted by Crippen LogP contribution is -2.57. The molecule has 1 aliphatic heterocycles. The summed E-state index contributed by atoms with van der Waals surface area (Å²) in [5.41, 5.74) is 0.541. The van der Waals surface area contributed by atoms with Crippen molar-refractivity contribution in [1.82, 2.24) is 0 Å². The molecule has 0 spiro atoms. The Bertz CT molecular complexity index is 400. The van der Waals surface area contributed by atoms with Crippen LogP contribution in [0.5, 0.6) is 0 Å². The molecular formula is C14H20O5S. The molecule has 5 nitrogen and oxygen atoms in total. The third-order valence-electron chi connectivity index (χ3n) is 3.36.